The van der Waals surface area contributed by atoms with E-state index < -0.39 is 0 Å². The lowest BCUT2D eigenvalue weighted by molar-refractivity contribution is 0.104. The average Bonchev–Trinajstić information content (AvgIpc) is 2.90. The number of H-pyrrole nitrogens is 1. The van der Waals surface area contributed by atoms with Crippen LogP contribution in [-0.2, 0) is 5.54 Å². The van der Waals surface area contributed by atoms with Gasteiger partial charge in [0.05, 0.1) is 17.8 Å². The topological polar surface area (TPSA) is 95.8 Å². The summed E-state index contributed by atoms with van der Waals surface area (Å²) in [6, 6.07) is 0. The molecule has 2 unspecified atom stereocenters. The molecule has 1 fully saturated rings. The highest BCUT2D eigenvalue weighted by Gasteiger charge is 2.22. The second kappa shape index (κ2) is 5.96. The van der Waals surface area contributed by atoms with Gasteiger partial charge in [-0.05, 0) is 46.0 Å². The minimum Gasteiger partial charge on any atom is -0.393 e. The van der Waals surface area contributed by atoms with Gasteiger partial charge in [-0.15, -0.1) is 0 Å². The number of hydrogen-bond donors (Lipinski definition) is 3. The van der Waals surface area contributed by atoms with E-state index in [0.717, 1.165) is 25.7 Å². The molecule has 0 spiro atoms. The van der Waals surface area contributed by atoms with Gasteiger partial charge in [0.1, 0.15) is 5.39 Å². The van der Waals surface area contributed by atoms with Crippen LogP contribution in [0.3, 0.4) is 0 Å². The van der Waals surface area contributed by atoms with Gasteiger partial charge in [-0.3, -0.25) is 9.78 Å². The van der Waals surface area contributed by atoms with Gasteiger partial charge in [-0.1, -0.05) is 6.42 Å². The molecule has 1 aliphatic carbocycles. The number of aliphatic hydroxyl groups is 1. The van der Waals surface area contributed by atoms with Crippen molar-refractivity contribution >= 4 is 17.0 Å². The molecular weight excluding hydrogens is 294 g/mol. The molecule has 2 heterocycles. The van der Waals surface area contributed by atoms with Crippen LogP contribution >= 0.6 is 0 Å². The van der Waals surface area contributed by atoms with E-state index in [9.17, 15) is 9.90 Å². The summed E-state index contributed by atoms with van der Waals surface area (Å²) in [6.45, 7) is 6.78. The molecule has 2 aromatic heterocycles. The SMILES string of the molecule is CC(C)(C)n1ncc2c(=O)[nH]c(NCC3CCCC(O)C3)nc21. The van der Waals surface area contributed by atoms with Crippen LogP contribution < -0.4 is 10.9 Å². The van der Waals surface area contributed by atoms with Crippen molar-refractivity contribution in [1.29, 1.82) is 0 Å². The molecule has 0 bridgehead atoms. The molecule has 0 radical (unpaired) electrons. The van der Waals surface area contributed by atoms with Gasteiger partial charge in [0.15, 0.2) is 5.65 Å². The third kappa shape index (κ3) is 3.39. The Labute approximate surface area is 135 Å². The van der Waals surface area contributed by atoms with Crippen LogP contribution in [0.5, 0.6) is 0 Å². The van der Waals surface area contributed by atoms with Crippen LogP contribution in [0.4, 0.5) is 5.95 Å². The molecule has 2 aromatic rings. The summed E-state index contributed by atoms with van der Waals surface area (Å²) in [6.07, 6.45) is 5.20. The smallest absolute Gasteiger partial charge is 0.263 e. The van der Waals surface area contributed by atoms with Gasteiger partial charge < -0.3 is 10.4 Å². The van der Waals surface area contributed by atoms with Gasteiger partial charge in [0.2, 0.25) is 5.95 Å². The van der Waals surface area contributed by atoms with Crippen molar-refractivity contribution < 1.29 is 5.11 Å². The number of anilines is 1. The second-order valence-corrected chi connectivity index (χ2v) is 7.45. The first-order valence-electron chi connectivity index (χ1n) is 8.25. The zero-order chi connectivity index (χ0) is 16.6. The first-order chi connectivity index (χ1) is 10.8. The molecule has 7 heteroatoms. The van der Waals surface area contributed by atoms with E-state index in [4.69, 9.17) is 0 Å². The molecule has 23 heavy (non-hydrogen) atoms. The summed E-state index contributed by atoms with van der Waals surface area (Å²) in [4.78, 5) is 19.5. The molecule has 0 amide bonds. The Balaban J connectivity index is 1.82. The van der Waals surface area contributed by atoms with E-state index >= 15 is 0 Å². The maximum absolute atomic E-state index is 12.2. The number of aliphatic hydroxyl groups excluding tert-OH is 1. The predicted molar refractivity (Wildman–Crippen MR) is 89.6 cm³/mol. The van der Waals surface area contributed by atoms with Crippen molar-refractivity contribution in [2.45, 2.75) is 58.1 Å². The maximum Gasteiger partial charge on any atom is 0.263 e. The quantitative estimate of drug-likeness (QED) is 0.802. The third-order valence-electron chi connectivity index (χ3n) is 4.39. The summed E-state index contributed by atoms with van der Waals surface area (Å²) >= 11 is 0. The summed E-state index contributed by atoms with van der Waals surface area (Å²) in [7, 11) is 0. The standard InChI is InChI=1S/C16H25N5O2/c1-16(2,3)21-13-12(9-18-21)14(23)20-15(19-13)17-8-10-5-4-6-11(22)7-10/h9-11,22H,4-8H2,1-3H3,(H2,17,19,20,23). The maximum atomic E-state index is 12.2. The number of fused-ring (bicyclic) bond motifs is 1. The molecule has 1 aliphatic rings. The van der Waals surface area contributed by atoms with Gasteiger partial charge in [0.25, 0.3) is 5.56 Å². The Kier molecular flexibility index (Phi) is 4.14. The van der Waals surface area contributed by atoms with Crippen LogP contribution in [0.1, 0.15) is 46.5 Å². The monoisotopic (exact) mass is 319 g/mol. The fourth-order valence-corrected chi connectivity index (χ4v) is 3.18. The molecule has 7 nitrogen and oxygen atoms in total. The number of nitrogens with one attached hydrogen (secondary N) is 2. The lowest BCUT2D eigenvalue weighted by Gasteiger charge is -2.26. The van der Waals surface area contributed by atoms with Crippen molar-refractivity contribution in [2.75, 3.05) is 11.9 Å². The van der Waals surface area contributed by atoms with E-state index in [0.29, 0.717) is 29.4 Å². The van der Waals surface area contributed by atoms with E-state index in [1.807, 2.05) is 20.8 Å². The summed E-state index contributed by atoms with van der Waals surface area (Å²) in [5.41, 5.74) is 0.164. The first-order valence-corrected chi connectivity index (χ1v) is 8.25. The van der Waals surface area contributed by atoms with Gasteiger partial charge >= 0.3 is 0 Å². The summed E-state index contributed by atoms with van der Waals surface area (Å²) in [5, 5.41) is 17.8. The van der Waals surface area contributed by atoms with Gasteiger partial charge in [0, 0.05) is 6.54 Å². The lowest BCUT2D eigenvalue weighted by atomic mass is 9.87. The third-order valence-corrected chi connectivity index (χ3v) is 4.39. The minimum atomic E-state index is -0.243. The largest absolute Gasteiger partial charge is 0.393 e. The highest BCUT2D eigenvalue weighted by atomic mass is 16.3. The van der Waals surface area contributed by atoms with Gasteiger partial charge in [-0.25, -0.2) is 4.68 Å². The molecule has 126 valence electrons. The number of aromatic amines is 1. The van der Waals surface area contributed by atoms with Crippen molar-refractivity contribution in [1.82, 2.24) is 19.7 Å². The molecule has 0 aliphatic heterocycles. The van der Waals surface area contributed by atoms with E-state index in [-0.39, 0.29) is 17.2 Å². The Bertz CT molecular complexity index is 743. The fourth-order valence-electron chi connectivity index (χ4n) is 3.18. The Hall–Kier alpha value is -1.89. The van der Waals surface area contributed by atoms with Crippen LogP contribution in [-0.4, -0.2) is 37.5 Å². The number of hydrogen-bond acceptors (Lipinski definition) is 5. The van der Waals surface area contributed by atoms with E-state index in [1.165, 1.54) is 0 Å². The second-order valence-electron chi connectivity index (χ2n) is 7.45. The molecular formula is C16H25N5O2. The van der Waals surface area contributed by atoms with Crippen LogP contribution in [0.2, 0.25) is 0 Å². The summed E-state index contributed by atoms with van der Waals surface area (Å²) in [5.74, 6) is 0.876. The molecule has 0 aromatic carbocycles. The fraction of sp³-hybridized carbons (Fsp3) is 0.688. The van der Waals surface area contributed by atoms with Crippen LogP contribution in [0.15, 0.2) is 11.0 Å². The minimum absolute atomic E-state index is 0.184. The first kappa shape index (κ1) is 16.0. The van der Waals surface area contributed by atoms with Crippen molar-refractivity contribution in [3.8, 4) is 0 Å². The zero-order valence-corrected chi connectivity index (χ0v) is 14.0. The lowest BCUT2D eigenvalue weighted by Crippen LogP contribution is -2.27. The number of nitrogens with zero attached hydrogens (tertiary/aromatic N) is 3. The normalized spacial score (nSPS) is 22.4. The van der Waals surface area contributed by atoms with Crippen LogP contribution in [0, 0.1) is 5.92 Å². The molecule has 2 atom stereocenters. The molecule has 0 saturated heterocycles. The highest BCUT2D eigenvalue weighted by molar-refractivity contribution is 5.74. The summed E-state index contributed by atoms with van der Waals surface area (Å²) < 4.78 is 1.77. The molecule has 3 rings (SSSR count). The van der Waals surface area contributed by atoms with Crippen molar-refractivity contribution in [2.24, 2.45) is 5.92 Å². The van der Waals surface area contributed by atoms with Crippen molar-refractivity contribution in [3.05, 3.63) is 16.6 Å². The Morgan fingerprint density at radius 1 is 1.43 bits per heavy atom. The number of rotatable bonds is 3. The average molecular weight is 319 g/mol. The van der Waals surface area contributed by atoms with Gasteiger partial charge in [-0.2, -0.15) is 10.1 Å². The number of aromatic nitrogens is 4. The highest BCUT2D eigenvalue weighted by Crippen LogP contribution is 2.24. The van der Waals surface area contributed by atoms with E-state index in [2.05, 4.69) is 20.4 Å². The van der Waals surface area contributed by atoms with Crippen molar-refractivity contribution in [3.63, 3.8) is 0 Å². The molecule has 1 saturated carbocycles. The molecule has 3 N–H and O–H groups in total. The Morgan fingerprint density at radius 3 is 2.91 bits per heavy atom. The Morgan fingerprint density at radius 2 is 2.22 bits per heavy atom. The predicted octanol–water partition coefficient (Wildman–Crippen LogP) is 1.84. The zero-order valence-electron chi connectivity index (χ0n) is 14.0. The van der Waals surface area contributed by atoms with E-state index in [1.54, 1.807) is 10.9 Å². The van der Waals surface area contributed by atoms with Crippen LogP contribution in [0.25, 0.3) is 11.0 Å².